The second-order valence-electron chi connectivity index (χ2n) is 8.17. The molecular formula is C24H27N3OS. The first-order valence-electron chi connectivity index (χ1n) is 10.5. The smallest absolute Gasteiger partial charge is 0.244 e. The topological polar surface area (TPSA) is 56.1 Å². The highest BCUT2D eigenvalue weighted by Gasteiger charge is 2.24. The van der Waals surface area contributed by atoms with Gasteiger partial charge in [-0.25, -0.2) is 0 Å². The fourth-order valence-electron chi connectivity index (χ4n) is 4.45. The fraction of sp³-hybridized carbons (Fsp3) is 0.417. The van der Waals surface area contributed by atoms with Crippen LogP contribution in [0.4, 0.5) is 0 Å². The number of carbonyl (C=O) groups excluding carboxylic acids is 1. The van der Waals surface area contributed by atoms with Gasteiger partial charge in [0.2, 0.25) is 5.91 Å². The molecule has 1 aromatic carbocycles. The predicted octanol–water partition coefficient (Wildman–Crippen LogP) is 4.71. The van der Waals surface area contributed by atoms with Crippen LogP contribution in [0, 0.1) is 17.2 Å². The molecule has 1 aliphatic carbocycles. The predicted molar refractivity (Wildman–Crippen MR) is 117 cm³/mol. The standard InChI is InChI=1S/C24H27N3OS/c25-15-19-3-6-20-16-27(17-21(20)14-19)12-11-18-4-7-22(8-5-18)26-24(28)10-9-23-2-1-13-29-23/h1-3,6,9-10,13-14,18,22H,4-5,7-8,11-12,16-17H2,(H,26,28)/b10-9+. The molecule has 0 bridgehead atoms. The van der Waals surface area contributed by atoms with Gasteiger partial charge in [0.25, 0.3) is 0 Å². The number of hydrogen-bond acceptors (Lipinski definition) is 4. The Balaban J connectivity index is 1.16. The number of hydrogen-bond donors (Lipinski definition) is 1. The summed E-state index contributed by atoms with van der Waals surface area (Å²) in [6, 6.07) is 12.6. The molecule has 1 amide bonds. The Kier molecular flexibility index (Phi) is 6.43. The normalized spacial score (nSPS) is 21.8. The minimum atomic E-state index is 0.0217. The number of thiophene rings is 1. The van der Waals surface area contributed by atoms with E-state index in [4.69, 9.17) is 5.26 Å². The summed E-state index contributed by atoms with van der Waals surface area (Å²) in [5.41, 5.74) is 3.44. The van der Waals surface area contributed by atoms with Crippen LogP contribution < -0.4 is 5.32 Å². The van der Waals surface area contributed by atoms with Gasteiger partial charge in [0.05, 0.1) is 11.6 Å². The SMILES string of the molecule is N#Cc1ccc2c(c1)CN(CCC1CCC(NC(=O)/C=C/c3cccs3)CC1)C2. The number of carbonyl (C=O) groups is 1. The van der Waals surface area contributed by atoms with Crippen molar-refractivity contribution in [2.24, 2.45) is 5.92 Å². The number of nitrogens with one attached hydrogen (secondary N) is 1. The quantitative estimate of drug-likeness (QED) is 0.708. The summed E-state index contributed by atoms with van der Waals surface area (Å²) in [4.78, 5) is 15.7. The maximum Gasteiger partial charge on any atom is 0.244 e. The molecule has 4 rings (SSSR count). The minimum absolute atomic E-state index is 0.0217. The van der Waals surface area contributed by atoms with Crippen LogP contribution in [0.25, 0.3) is 6.08 Å². The molecule has 0 atom stereocenters. The van der Waals surface area contributed by atoms with E-state index in [2.05, 4.69) is 22.4 Å². The van der Waals surface area contributed by atoms with Gasteiger partial charge in [-0.05, 0) is 85.3 Å². The second-order valence-corrected chi connectivity index (χ2v) is 9.15. The third-order valence-corrected chi connectivity index (χ3v) is 6.95. The highest BCUT2D eigenvalue weighted by molar-refractivity contribution is 7.10. The van der Waals surface area contributed by atoms with Crippen LogP contribution in [-0.2, 0) is 17.9 Å². The van der Waals surface area contributed by atoms with Gasteiger partial charge in [-0.2, -0.15) is 5.26 Å². The first-order valence-corrected chi connectivity index (χ1v) is 11.3. The van der Waals surface area contributed by atoms with Crippen LogP contribution in [0.1, 0.15) is 53.7 Å². The third-order valence-electron chi connectivity index (χ3n) is 6.11. The molecule has 4 nitrogen and oxygen atoms in total. The Morgan fingerprint density at radius 3 is 2.79 bits per heavy atom. The molecule has 1 saturated carbocycles. The Morgan fingerprint density at radius 1 is 1.21 bits per heavy atom. The zero-order chi connectivity index (χ0) is 20.1. The van der Waals surface area contributed by atoms with Crippen molar-refractivity contribution >= 4 is 23.3 Å². The van der Waals surface area contributed by atoms with E-state index in [1.54, 1.807) is 17.4 Å². The van der Waals surface area contributed by atoms with E-state index in [0.29, 0.717) is 6.04 Å². The van der Waals surface area contributed by atoms with Crippen LogP contribution in [0.15, 0.2) is 41.8 Å². The van der Waals surface area contributed by atoms with E-state index in [-0.39, 0.29) is 5.91 Å². The number of amides is 1. The average molecular weight is 406 g/mol. The maximum atomic E-state index is 12.1. The van der Waals surface area contributed by atoms with Crippen LogP contribution in [0.5, 0.6) is 0 Å². The van der Waals surface area contributed by atoms with Gasteiger partial charge in [0, 0.05) is 30.1 Å². The summed E-state index contributed by atoms with van der Waals surface area (Å²) >= 11 is 1.64. The summed E-state index contributed by atoms with van der Waals surface area (Å²) in [5.74, 6) is 0.775. The molecule has 0 spiro atoms. The largest absolute Gasteiger partial charge is 0.350 e. The molecule has 1 N–H and O–H groups in total. The molecule has 29 heavy (non-hydrogen) atoms. The second kappa shape index (κ2) is 9.39. The molecule has 0 radical (unpaired) electrons. The average Bonchev–Trinajstić information content (AvgIpc) is 3.40. The number of fused-ring (bicyclic) bond motifs is 1. The van der Waals surface area contributed by atoms with Crippen molar-refractivity contribution in [1.82, 2.24) is 10.2 Å². The highest BCUT2D eigenvalue weighted by atomic mass is 32.1. The van der Waals surface area contributed by atoms with Crippen molar-refractivity contribution < 1.29 is 4.79 Å². The van der Waals surface area contributed by atoms with Gasteiger partial charge in [0.15, 0.2) is 0 Å². The lowest BCUT2D eigenvalue weighted by Gasteiger charge is -2.30. The Labute approximate surface area is 176 Å². The zero-order valence-corrected chi connectivity index (χ0v) is 17.5. The van der Waals surface area contributed by atoms with Gasteiger partial charge in [-0.15, -0.1) is 11.3 Å². The Bertz CT molecular complexity index is 905. The van der Waals surface area contributed by atoms with Gasteiger partial charge in [-0.3, -0.25) is 9.69 Å². The molecule has 1 aliphatic heterocycles. The number of benzene rings is 1. The summed E-state index contributed by atoms with van der Waals surface area (Å²) in [5, 5.41) is 14.2. The molecule has 1 aromatic heterocycles. The van der Waals surface area contributed by atoms with Crippen molar-refractivity contribution in [2.45, 2.75) is 51.2 Å². The number of rotatable bonds is 6. The maximum absolute atomic E-state index is 12.1. The highest BCUT2D eigenvalue weighted by Crippen LogP contribution is 2.29. The monoisotopic (exact) mass is 405 g/mol. The van der Waals surface area contributed by atoms with Crippen molar-refractivity contribution in [2.75, 3.05) is 6.54 Å². The number of nitriles is 1. The minimum Gasteiger partial charge on any atom is -0.350 e. The zero-order valence-electron chi connectivity index (χ0n) is 16.6. The third kappa shape index (κ3) is 5.35. The Hall–Kier alpha value is -2.42. The van der Waals surface area contributed by atoms with Crippen LogP contribution in [-0.4, -0.2) is 23.4 Å². The summed E-state index contributed by atoms with van der Waals surface area (Å²) in [7, 11) is 0. The molecule has 1 fully saturated rings. The van der Waals surface area contributed by atoms with Crippen LogP contribution >= 0.6 is 11.3 Å². The molecule has 0 unspecified atom stereocenters. The lowest BCUT2D eigenvalue weighted by Crippen LogP contribution is -2.37. The van der Waals surface area contributed by atoms with Gasteiger partial charge in [-0.1, -0.05) is 12.1 Å². The van der Waals surface area contributed by atoms with E-state index >= 15 is 0 Å². The van der Waals surface area contributed by atoms with Gasteiger partial charge < -0.3 is 5.32 Å². The lowest BCUT2D eigenvalue weighted by molar-refractivity contribution is -0.117. The van der Waals surface area contributed by atoms with Crippen LogP contribution in [0.3, 0.4) is 0 Å². The molecule has 2 heterocycles. The number of nitrogens with zero attached hydrogens (tertiary/aromatic N) is 2. The van der Waals surface area contributed by atoms with Crippen molar-refractivity contribution in [3.63, 3.8) is 0 Å². The van der Waals surface area contributed by atoms with Gasteiger partial charge in [0.1, 0.15) is 0 Å². The molecule has 2 aliphatic rings. The molecule has 150 valence electrons. The summed E-state index contributed by atoms with van der Waals surface area (Å²) in [6.45, 7) is 3.08. The van der Waals surface area contributed by atoms with Gasteiger partial charge >= 0.3 is 0 Å². The van der Waals surface area contributed by atoms with Crippen molar-refractivity contribution in [3.8, 4) is 6.07 Å². The first kappa shape index (κ1) is 19.9. The molecule has 2 aromatic rings. The fourth-order valence-corrected chi connectivity index (χ4v) is 5.06. The Morgan fingerprint density at radius 2 is 2.03 bits per heavy atom. The summed E-state index contributed by atoms with van der Waals surface area (Å²) < 4.78 is 0. The first-order chi connectivity index (χ1) is 14.2. The summed E-state index contributed by atoms with van der Waals surface area (Å²) in [6.07, 6.45) is 9.31. The van der Waals surface area contributed by atoms with Crippen molar-refractivity contribution in [3.05, 3.63) is 63.4 Å². The molecule has 5 heteroatoms. The van der Waals surface area contributed by atoms with E-state index in [9.17, 15) is 4.79 Å². The molecule has 0 saturated heterocycles. The van der Waals surface area contributed by atoms with E-state index in [1.165, 1.54) is 30.4 Å². The van der Waals surface area contributed by atoms with Crippen molar-refractivity contribution in [1.29, 1.82) is 5.26 Å². The van der Waals surface area contributed by atoms with E-state index in [1.807, 2.05) is 35.7 Å². The van der Waals surface area contributed by atoms with E-state index < -0.39 is 0 Å². The van der Waals surface area contributed by atoms with E-state index in [0.717, 1.165) is 48.8 Å². The lowest BCUT2D eigenvalue weighted by atomic mass is 9.84. The molecular weight excluding hydrogens is 378 g/mol. The van der Waals surface area contributed by atoms with Crippen LogP contribution in [0.2, 0.25) is 0 Å².